The Balaban J connectivity index is 1.49. The number of alkyl halides is 3. The van der Waals surface area contributed by atoms with Gasteiger partial charge in [-0.25, -0.2) is 0 Å². The number of benzene rings is 2. The number of nitrogens with one attached hydrogen (secondary N) is 1. The predicted molar refractivity (Wildman–Crippen MR) is 123 cm³/mol. The highest BCUT2D eigenvalue weighted by molar-refractivity contribution is 8.04. The maximum Gasteiger partial charge on any atom is 0.416 e. The molecule has 5 nitrogen and oxygen atoms in total. The van der Waals surface area contributed by atoms with Crippen LogP contribution in [0.25, 0.3) is 6.08 Å². The summed E-state index contributed by atoms with van der Waals surface area (Å²) >= 11 is 1.24. The molecule has 0 radical (unpaired) electrons. The van der Waals surface area contributed by atoms with Crippen LogP contribution in [0.5, 0.6) is 0 Å². The summed E-state index contributed by atoms with van der Waals surface area (Å²) in [5, 5.41) is 2.89. The summed E-state index contributed by atoms with van der Waals surface area (Å²) in [6, 6.07) is 11.9. The lowest BCUT2D eigenvalue weighted by Gasteiger charge is -2.30. The van der Waals surface area contributed by atoms with Crippen LogP contribution in [-0.2, 0) is 15.8 Å². The molecule has 1 N–H and O–H groups in total. The van der Waals surface area contributed by atoms with Gasteiger partial charge in [0.1, 0.15) is 6.54 Å². The summed E-state index contributed by atoms with van der Waals surface area (Å²) in [6.07, 6.45) is -0.502. The maximum absolute atomic E-state index is 13.2. The van der Waals surface area contributed by atoms with Gasteiger partial charge in [-0.1, -0.05) is 36.0 Å². The van der Waals surface area contributed by atoms with Crippen molar-refractivity contribution in [2.24, 2.45) is 0 Å². The Morgan fingerprint density at radius 2 is 1.76 bits per heavy atom. The zero-order valence-electron chi connectivity index (χ0n) is 17.9. The quantitative estimate of drug-likeness (QED) is 0.630. The van der Waals surface area contributed by atoms with Crippen molar-refractivity contribution in [1.82, 2.24) is 10.2 Å². The van der Waals surface area contributed by atoms with Crippen LogP contribution in [0.1, 0.15) is 24.0 Å². The van der Waals surface area contributed by atoms with E-state index in [0.29, 0.717) is 22.7 Å². The van der Waals surface area contributed by atoms with Crippen molar-refractivity contribution in [3.05, 3.63) is 64.6 Å². The normalized spacial score (nSPS) is 18.0. The van der Waals surface area contributed by atoms with E-state index in [4.69, 9.17) is 0 Å². The number of rotatable bonds is 6. The van der Waals surface area contributed by atoms with Gasteiger partial charge in [-0.3, -0.25) is 14.5 Å². The van der Waals surface area contributed by atoms with Gasteiger partial charge in [-0.2, -0.15) is 13.2 Å². The highest BCUT2D eigenvalue weighted by Crippen LogP contribution is 2.42. The molecule has 2 aromatic carbocycles. The Bertz CT molecular complexity index is 1050. The van der Waals surface area contributed by atoms with Gasteiger partial charge in [0.05, 0.1) is 16.2 Å². The first-order valence-electron chi connectivity index (χ1n) is 10.8. The number of thioether (sulfide) groups is 1. The van der Waals surface area contributed by atoms with Crippen LogP contribution >= 0.6 is 11.8 Å². The summed E-state index contributed by atoms with van der Waals surface area (Å²) in [5.74, 6) is -0.605. The van der Waals surface area contributed by atoms with Crippen LogP contribution < -0.4 is 10.2 Å². The lowest BCUT2D eigenvalue weighted by atomic mass is 10.1. The van der Waals surface area contributed by atoms with Gasteiger partial charge in [0.15, 0.2) is 0 Å². The Hall–Kier alpha value is -2.78. The number of para-hydroxylation sites is 1. The Kier molecular flexibility index (Phi) is 7.09. The number of nitrogens with zero attached hydrogens (tertiary/aromatic N) is 2. The highest BCUT2D eigenvalue weighted by Gasteiger charge is 2.31. The lowest BCUT2D eigenvalue weighted by Crippen LogP contribution is -2.44. The number of carbonyl (C=O) groups is 2. The molecule has 1 saturated heterocycles. The first kappa shape index (κ1) is 23.4. The molecule has 4 rings (SSSR count). The molecule has 1 fully saturated rings. The zero-order chi connectivity index (χ0) is 23.4. The molecule has 0 unspecified atom stereocenters. The lowest BCUT2D eigenvalue weighted by molar-refractivity contribution is -0.137. The number of amides is 2. The van der Waals surface area contributed by atoms with E-state index < -0.39 is 11.7 Å². The Morgan fingerprint density at radius 3 is 2.45 bits per heavy atom. The average Bonchev–Trinajstić information content (AvgIpc) is 3.30. The molecule has 0 saturated carbocycles. The number of hydrogen-bond donors (Lipinski definition) is 1. The second kappa shape index (κ2) is 10.0. The van der Waals surface area contributed by atoms with Crippen LogP contribution in [0.2, 0.25) is 0 Å². The van der Waals surface area contributed by atoms with Gasteiger partial charge in [0.25, 0.3) is 5.91 Å². The number of carbonyl (C=O) groups excluding carboxylic acids is 2. The molecule has 9 heteroatoms. The molecule has 0 bridgehead atoms. The third-order valence-electron chi connectivity index (χ3n) is 5.62. The van der Waals surface area contributed by atoms with Crippen molar-refractivity contribution in [3.8, 4) is 0 Å². The first-order valence-corrected chi connectivity index (χ1v) is 11.6. The molecule has 0 spiro atoms. The fourth-order valence-corrected chi connectivity index (χ4v) is 4.96. The molecular weight excluding hydrogens is 451 g/mol. The molecule has 33 heavy (non-hydrogen) atoms. The molecule has 2 aliphatic rings. The smallest absolute Gasteiger partial charge is 0.353 e. The van der Waals surface area contributed by atoms with Crippen molar-refractivity contribution in [1.29, 1.82) is 0 Å². The Labute approximate surface area is 194 Å². The van der Waals surface area contributed by atoms with Gasteiger partial charge in [0, 0.05) is 18.0 Å². The highest BCUT2D eigenvalue weighted by atomic mass is 32.2. The first-order chi connectivity index (χ1) is 15.8. The molecule has 2 amide bonds. The molecule has 0 aliphatic carbocycles. The molecule has 174 valence electrons. The molecule has 2 aliphatic heterocycles. The van der Waals surface area contributed by atoms with E-state index >= 15 is 0 Å². The van der Waals surface area contributed by atoms with Crippen molar-refractivity contribution >= 4 is 35.3 Å². The van der Waals surface area contributed by atoms with E-state index in [1.807, 2.05) is 12.1 Å². The van der Waals surface area contributed by atoms with Crippen LogP contribution in [-0.4, -0.2) is 49.4 Å². The predicted octanol–water partition coefficient (Wildman–Crippen LogP) is 4.40. The van der Waals surface area contributed by atoms with Crippen molar-refractivity contribution < 1.29 is 22.8 Å². The minimum absolute atomic E-state index is 0.124. The van der Waals surface area contributed by atoms with Gasteiger partial charge in [-0.05, 0) is 61.8 Å². The van der Waals surface area contributed by atoms with Crippen molar-refractivity contribution in [2.45, 2.75) is 23.9 Å². The molecule has 0 aromatic heterocycles. The molecule has 2 heterocycles. The second-order valence-corrected chi connectivity index (χ2v) is 9.07. The van der Waals surface area contributed by atoms with Crippen LogP contribution in [0.3, 0.4) is 0 Å². The third-order valence-corrected chi connectivity index (χ3v) is 6.70. The topological polar surface area (TPSA) is 52.7 Å². The van der Waals surface area contributed by atoms with E-state index in [-0.39, 0.29) is 18.4 Å². The number of halogens is 3. The summed E-state index contributed by atoms with van der Waals surface area (Å²) in [4.78, 5) is 30.7. The van der Waals surface area contributed by atoms with Crippen LogP contribution in [0.15, 0.2) is 58.3 Å². The van der Waals surface area contributed by atoms with Gasteiger partial charge < -0.3 is 10.2 Å². The summed E-state index contributed by atoms with van der Waals surface area (Å²) < 4.78 is 38.5. The van der Waals surface area contributed by atoms with E-state index in [1.165, 1.54) is 41.6 Å². The van der Waals surface area contributed by atoms with E-state index in [2.05, 4.69) is 10.2 Å². The summed E-state index contributed by atoms with van der Waals surface area (Å²) in [5.41, 5.74) is 0.379. The largest absolute Gasteiger partial charge is 0.416 e. The van der Waals surface area contributed by atoms with E-state index in [9.17, 15) is 22.8 Å². The van der Waals surface area contributed by atoms with Gasteiger partial charge >= 0.3 is 6.18 Å². The fraction of sp³-hybridized carbons (Fsp3) is 0.333. The molecule has 2 aromatic rings. The molecule has 0 atom stereocenters. The van der Waals surface area contributed by atoms with Crippen molar-refractivity contribution in [2.75, 3.05) is 37.6 Å². The van der Waals surface area contributed by atoms with Crippen LogP contribution in [0, 0.1) is 0 Å². The molecular formula is C24H24F3N3O2S. The number of likely N-dealkylation sites (tertiary alicyclic amines) is 1. The maximum atomic E-state index is 13.2. The Morgan fingerprint density at radius 1 is 1.06 bits per heavy atom. The minimum Gasteiger partial charge on any atom is -0.353 e. The average molecular weight is 476 g/mol. The van der Waals surface area contributed by atoms with Gasteiger partial charge in [0.2, 0.25) is 5.91 Å². The number of anilines is 1. The van der Waals surface area contributed by atoms with E-state index in [1.54, 1.807) is 18.2 Å². The zero-order valence-corrected chi connectivity index (χ0v) is 18.7. The SMILES string of the molecule is O=C(CN1C(=O)C(=Cc2ccc(C(F)(F)F)cc2)Sc2ccccc21)NCCN1CCCC1. The summed E-state index contributed by atoms with van der Waals surface area (Å²) in [6.45, 7) is 3.27. The monoisotopic (exact) mass is 475 g/mol. The van der Waals surface area contributed by atoms with Crippen LogP contribution in [0.4, 0.5) is 18.9 Å². The summed E-state index contributed by atoms with van der Waals surface area (Å²) in [7, 11) is 0. The third kappa shape index (κ3) is 5.78. The number of hydrogen-bond acceptors (Lipinski definition) is 4. The fourth-order valence-electron chi connectivity index (χ4n) is 3.90. The number of fused-ring (bicyclic) bond motifs is 1. The van der Waals surface area contributed by atoms with Gasteiger partial charge in [-0.15, -0.1) is 0 Å². The minimum atomic E-state index is -4.42. The second-order valence-electron chi connectivity index (χ2n) is 7.99. The van der Waals surface area contributed by atoms with E-state index in [0.717, 1.165) is 36.7 Å². The van der Waals surface area contributed by atoms with Crippen molar-refractivity contribution in [3.63, 3.8) is 0 Å². The standard InChI is InChI=1S/C24H24F3N3O2S/c25-24(26,27)18-9-7-17(8-10-18)15-21-23(32)30(19-5-1-2-6-20(19)33-21)16-22(31)28-11-14-29-12-3-4-13-29/h1-2,5-10,15H,3-4,11-14,16H2,(H,28,31).